The lowest BCUT2D eigenvalue weighted by molar-refractivity contribution is -0.130. The minimum atomic E-state index is -0.285. The molecule has 0 unspecified atom stereocenters. The Balaban J connectivity index is 1.80. The molecular formula is C20H27N5O3. The van der Waals surface area contributed by atoms with Gasteiger partial charge in [-0.25, -0.2) is 4.98 Å². The molecule has 0 saturated heterocycles. The zero-order valence-electron chi connectivity index (χ0n) is 16.7. The number of amides is 2. The van der Waals surface area contributed by atoms with Gasteiger partial charge in [-0.15, -0.1) is 0 Å². The van der Waals surface area contributed by atoms with Crippen molar-refractivity contribution in [1.82, 2.24) is 19.9 Å². The van der Waals surface area contributed by atoms with Crippen LogP contribution in [0.15, 0.2) is 28.8 Å². The molecule has 1 aliphatic heterocycles. The fourth-order valence-electron chi connectivity index (χ4n) is 3.22. The highest BCUT2D eigenvalue weighted by Crippen LogP contribution is 2.13. The Labute approximate surface area is 165 Å². The standard InChI is InChI=1S/C20H27N5O3/c1-15-13-17(22-28-15)20(27)25-12-5-8-16-7-4-9-18(21-16)23(2)10-6-11-24(3)19(26)14-25/h4,7,9,13H,5-6,8,10-12,14H2,1-3H3. The molecule has 3 rings (SSSR count). The molecule has 2 amide bonds. The Kier molecular flexibility index (Phi) is 6.28. The fraction of sp³-hybridized carbons (Fsp3) is 0.500. The zero-order valence-corrected chi connectivity index (χ0v) is 16.7. The minimum Gasteiger partial charge on any atom is -0.361 e. The quantitative estimate of drug-likeness (QED) is 0.744. The maximum atomic E-state index is 12.8. The van der Waals surface area contributed by atoms with Crippen LogP contribution in [0, 0.1) is 6.92 Å². The van der Waals surface area contributed by atoms with Crippen molar-refractivity contribution in [2.75, 3.05) is 45.2 Å². The SMILES string of the molecule is Cc1cc(C(=O)N2CCCc3cccc(n3)N(C)CCCN(C)C(=O)C2)no1. The number of nitrogens with zero attached hydrogens (tertiary/aromatic N) is 5. The number of anilines is 1. The molecule has 150 valence electrons. The molecule has 0 fully saturated rings. The minimum absolute atomic E-state index is 0.0323. The highest BCUT2D eigenvalue weighted by molar-refractivity contribution is 5.94. The molecule has 8 heteroatoms. The monoisotopic (exact) mass is 385 g/mol. The average molecular weight is 385 g/mol. The van der Waals surface area contributed by atoms with E-state index in [1.807, 2.05) is 25.2 Å². The summed E-state index contributed by atoms with van der Waals surface area (Å²) in [7, 11) is 3.79. The maximum absolute atomic E-state index is 12.8. The second-order valence-electron chi connectivity index (χ2n) is 7.23. The summed E-state index contributed by atoms with van der Waals surface area (Å²) in [6, 6.07) is 7.60. The van der Waals surface area contributed by atoms with E-state index in [0.29, 0.717) is 25.3 Å². The van der Waals surface area contributed by atoms with Crippen LogP contribution in [0.5, 0.6) is 0 Å². The van der Waals surface area contributed by atoms with Crippen molar-refractivity contribution < 1.29 is 14.1 Å². The maximum Gasteiger partial charge on any atom is 0.276 e. The molecular weight excluding hydrogens is 358 g/mol. The van der Waals surface area contributed by atoms with Crippen LogP contribution in [-0.2, 0) is 11.2 Å². The van der Waals surface area contributed by atoms with Gasteiger partial charge in [-0.05, 0) is 38.3 Å². The number of aryl methyl sites for hydroxylation is 2. The summed E-state index contributed by atoms with van der Waals surface area (Å²) in [5.41, 5.74) is 1.21. The van der Waals surface area contributed by atoms with E-state index >= 15 is 0 Å². The number of fused-ring (bicyclic) bond motifs is 2. The summed E-state index contributed by atoms with van der Waals surface area (Å²) in [6.45, 7) is 3.64. The van der Waals surface area contributed by atoms with E-state index in [4.69, 9.17) is 9.51 Å². The van der Waals surface area contributed by atoms with Gasteiger partial charge in [-0.1, -0.05) is 11.2 Å². The normalized spacial score (nSPS) is 16.8. The third-order valence-corrected chi connectivity index (χ3v) is 4.92. The highest BCUT2D eigenvalue weighted by atomic mass is 16.5. The third-order valence-electron chi connectivity index (χ3n) is 4.92. The predicted molar refractivity (Wildman–Crippen MR) is 105 cm³/mol. The van der Waals surface area contributed by atoms with Crippen LogP contribution < -0.4 is 4.90 Å². The topological polar surface area (TPSA) is 82.8 Å². The van der Waals surface area contributed by atoms with Crippen molar-refractivity contribution in [3.05, 3.63) is 41.4 Å². The number of rotatable bonds is 1. The van der Waals surface area contributed by atoms with Gasteiger partial charge < -0.3 is 19.2 Å². The van der Waals surface area contributed by atoms with Crippen molar-refractivity contribution >= 4 is 17.6 Å². The molecule has 2 aromatic rings. The van der Waals surface area contributed by atoms with E-state index in [1.54, 1.807) is 29.8 Å². The van der Waals surface area contributed by atoms with Gasteiger partial charge in [0.15, 0.2) is 5.69 Å². The third kappa shape index (κ3) is 4.88. The van der Waals surface area contributed by atoms with Gasteiger partial charge >= 0.3 is 0 Å². The van der Waals surface area contributed by atoms with Crippen molar-refractivity contribution in [2.24, 2.45) is 0 Å². The number of aromatic nitrogens is 2. The van der Waals surface area contributed by atoms with Crippen LogP contribution in [0.1, 0.15) is 34.8 Å². The van der Waals surface area contributed by atoms with Crippen molar-refractivity contribution in [3.63, 3.8) is 0 Å². The summed E-state index contributed by atoms with van der Waals surface area (Å²) in [5, 5.41) is 3.81. The van der Waals surface area contributed by atoms with Crippen LogP contribution in [0.3, 0.4) is 0 Å². The molecule has 0 N–H and O–H groups in total. The Bertz CT molecular complexity index is 835. The second kappa shape index (κ2) is 8.86. The second-order valence-corrected chi connectivity index (χ2v) is 7.23. The average Bonchev–Trinajstić information content (AvgIpc) is 3.12. The lowest BCUT2D eigenvalue weighted by Gasteiger charge is -2.26. The lowest BCUT2D eigenvalue weighted by atomic mass is 10.2. The molecule has 3 heterocycles. The molecule has 0 atom stereocenters. The zero-order chi connectivity index (χ0) is 20.1. The molecule has 0 aliphatic carbocycles. The van der Waals surface area contributed by atoms with Crippen LogP contribution in [0.2, 0.25) is 0 Å². The van der Waals surface area contributed by atoms with Gasteiger partial charge in [0.25, 0.3) is 5.91 Å². The van der Waals surface area contributed by atoms with E-state index in [1.165, 1.54) is 0 Å². The number of hydrogen-bond acceptors (Lipinski definition) is 6. The first-order chi connectivity index (χ1) is 13.4. The summed E-state index contributed by atoms with van der Waals surface area (Å²) >= 11 is 0. The summed E-state index contributed by atoms with van der Waals surface area (Å²) in [5.74, 6) is 1.13. The number of carbonyl (C=O) groups excluding carboxylic acids is 2. The molecule has 28 heavy (non-hydrogen) atoms. The van der Waals surface area contributed by atoms with Crippen LogP contribution >= 0.6 is 0 Å². The van der Waals surface area contributed by atoms with Crippen molar-refractivity contribution in [3.8, 4) is 0 Å². The molecule has 1 aliphatic rings. The van der Waals surface area contributed by atoms with Crippen LogP contribution in [0.25, 0.3) is 0 Å². The molecule has 0 saturated carbocycles. The number of hydrogen-bond donors (Lipinski definition) is 0. The van der Waals surface area contributed by atoms with Crippen LogP contribution in [-0.4, -0.2) is 72.0 Å². The first kappa shape index (κ1) is 19.9. The van der Waals surface area contributed by atoms with Crippen molar-refractivity contribution in [2.45, 2.75) is 26.2 Å². The molecule has 2 aromatic heterocycles. The highest BCUT2D eigenvalue weighted by Gasteiger charge is 2.23. The van der Waals surface area contributed by atoms with E-state index in [2.05, 4.69) is 10.1 Å². The van der Waals surface area contributed by atoms with E-state index < -0.39 is 0 Å². The molecule has 0 spiro atoms. The smallest absolute Gasteiger partial charge is 0.276 e. The largest absolute Gasteiger partial charge is 0.361 e. The Morgan fingerprint density at radius 3 is 2.64 bits per heavy atom. The molecule has 0 aromatic carbocycles. The lowest BCUT2D eigenvalue weighted by Crippen LogP contribution is -2.43. The van der Waals surface area contributed by atoms with Gasteiger partial charge in [0.05, 0.1) is 0 Å². The number of likely N-dealkylation sites (N-methyl/N-ethyl adjacent to an activating group) is 1. The van der Waals surface area contributed by atoms with Gasteiger partial charge in [0.2, 0.25) is 5.91 Å². The van der Waals surface area contributed by atoms with E-state index in [0.717, 1.165) is 30.9 Å². The fourth-order valence-corrected chi connectivity index (χ4v) is 3.22. The number of pyridine rings is 1. The van der Waals surface area contributed by atoms with Gasteiger partial charge in [0, 0.05) is 45.5 Å². The van der Waals surface area contributed by atoms with Gasteiger partial charge in [0.1, 0.15) is 18.1 Å². The summed E-state index contributed by atoms with van der Waals surface area (Å²) < 4.78 is 5.02. The van der Waals surface area contributed by atoms with Crippen LogP contribution in [0.4, 0.5) is 5.82 Å². The van der Waals surface area contributed by atoms with Crippen molar-refractivity contribution in [1.29, 1.82) is 0 Å². The molecule has 0 radical (unpaired) electrons. The first-order valence-corrected chi connectivity index (χ1v) is 9.57. The molecule has 8 nitrogen and oxygen atoms in total. The van der Waals surface area contributed by atoms with E-state index in [-0.39, 0.29) is 24.1 Å². The predicted octanol–water partition coefficient (Wildman–Crippen LogP) is 1.75. The Morgan fingerprint density at radius 2 is 1.89 bits per heavy atom. The Hall–Kier alpha value is -2.90. The Morgan fingerprint density at radius 1 is 1.11 bits per heavy atom. The first-order valence-electron chi connectivity index (χ1n) is 9.57. The van der Waals surface area contributed by atoms with Gasteiger partial charge in [-0.3, -0.25) is 9.59 Å². The molecule has 2 bridgehead atoms. The summed E-state index contributed by atoms with van der Waals surface area (Å²) in [4.78, 5) is 35.5. The van der Waals surface area contributed by atoms with E-state index in [9.17, 15) is 9.59 Å². The summed E-state index contributed by atoms with van der Waals surface area (Å²) in [6.07, 6.45) is 2.26. The van der Waals surface area contributed by atoms with Gasteiger partial charge in [-0.2, -0.15) is 0 Å². The number of carbonyl (C=O) groups is 2.